The minimum absolute atomic E-state index is 0.0799. The van der Waals surface area contributed by atoms with Gasteiger partial charge < -0.3 is 20.2 Å². The van der Waals surface area contributed by atoms with E-state index in [9.17, 15) is 18.3 Å². The van der Waals surface area contributed by atoms with Crippen LogP contribution in [0.25, 0.3) is 6.08 Å². The van der Waals surface area contributed by atoms with Crippen molar-refractivity contribution in [1.29, 1.82) is 0 Å². The number of nitrogens with one attached hydrogen (secondary N) is 3. The van der Waals surface area contributed by atoms with Crippen LogP contribution in [0.1, 0.15) is 31.4 Å². The summed E-state index contributed by atoms with van der Waals surface area (Å²) in [7, 11) is -3.64. The quantitative estimate of drug-likeness (QED) is 0.476. The Morgan fingerprint density at radius 1 is 1.23 bits per heavy atom. The molecule has 12 heteroatoms. The Morgan fingerprint density at radius 2 is 2.00 bits per heavy atom. The Kier molecular flexibility index (Phi) is 6.09. The zero-order valence-electron chi connectivity index (χ0n) is 15.8. The summed E-state index contributed by atoms with van der Waals surface area (Å²) in [5, 5.41) is 15.0. The van der Waals surface area contributed by atoms with Crippen molar-refractivity contribution < 1.29 is 22.7 Å². The predicted molar refractivity (Wildman–Crippen MR) is 110 cm³/mol. The fraction of sp³-hybridized carbons (Fsp3) is 0.389. The Bertz CT molecular complexity index is 1030. The van der Waals surface area contributed by atoms with Crippen molar-refractivity contribution in [2.75, 3.05) is 5.32 Å². The molecule has 4 N–H and O–H groups in total. The average molecular weight is 452 g/mol. The highest BCUT2D eigenvalue weighted by molar-refractivity contribution is 8.05. The number of sulfonamides is 1. The summed E-state index contributed by atoms with van der Waals surface area (Å²) in [4.78, 5) is 20.7. The van der Waals surface area contributed by atoms with Crippen LogP contribution in [0.4, 0.5) is 5.95 Å². The molecule has 1 saturated heterocycles. The van der Waals surface area contributed by atoms with Gasteiger partial charge in [-0.05, 0) is 50.0 Å². The van der Waals surface area contributed by atoms with E-state index in [1.54, 1.807) is 24.4 Å². The first-order valence-electron chi connectivity index (χ1n) is 9.42. The minimum Gasteiger partial charge on any atom is -0.452 e. The molecule has 4 rings (SSSR count). The summed E-state index contributed by atoms with van der Waals surface area (Å²) < 4.78 is 32.2. The largest absolute Gasteiger partial charge is 0.452 e. The van der Waals surface area contributed by atoms with Crippen LogP contribution < -0.4 is 15.4 Å². The Morgan fingerprint density at radius 3 is 2.67 bits per heavy atom. The molecule has 2 aromatic rings. The highest BCUT2D eigenvalue weighted by atomic mass is 32.2. The van der Waals surface area contributed by atoms with Crippen molar-refractivity contribution in [3.05, 3.63) is 41.3 Å². The highest BCUT2D eigenvalue weighted by Gasteiger charge is 2.28. The Hall–Kier alpha value is -2.41. The van der Waals surface area contributed by atoms with Gasteiger partial charge in [0, 0.05) is 18.3 Å². The smallest absolute Gasteiger partial charge is 0.274 e. The van der Waals surface area contributed by atoms with Crippen LogP contribution in [0.3, 0.4) is 0 Å². The van der Waals surface area contributed by atoms with Crippen molar-refractivity contribution in [1.82, 2.24) is 20.0 Å². The summed E-state index contributed by atoms with van der Waals surface area (Å²) in [5.41, 5.74) is -0.386. The van der Waals surface area contributed by atoms with Gasteiger partial charge in [-0.1, -0.05) is 11.8 Å². The molecule has 0 aromatic carbocycles. The van der Waals surface area contributed by atoms with Crippen molar-refractivity contribution in [3.63, 3.8) is 0 Å². The lowest BCUT2D eigenvalue weighted by Crippen LogP contribution is -2.40. The second-order valence-electron chi connectivity index (χ2n) is 7.00. The fourth-order valence-electron chi connectivity index (χ4n) is 3.38. The molecule has 1 aliphatic carbocycles. The van der Waals surface area contributed by atoms with Gasteiger partial charge in [0.15, 0.2) is 5.56 Å². The standard InChI is InChI=1S/C18H21N5O5S2/c24-16-14(29-18(25)22-16)10-13-7-8-19-17(21-13)20-11-3-5-12(6-4-11)23-30(26,27)15-2-1-9-28-15/h1-2,7-12,18,23,25H,3-6H2,(H,22,24)(H,19,20,21). The lowest BCUT2D eigenvalue weighted by molar-refractivity contribution is -0.117. The van der Waals surface area contributed by atoms with Gasteiger partial charge in [0.2, 0.25) is 11.0 Å². The molecule has 1 amide bonds. The number of carbonyl (C=O) groups excluding carboxylic acids is 1. The molecular formula is C18H21N5O5S2. The number of rotatable bonds is 6. The van der Waals surface area contributed by atoms with E-state index in [0.717, 1.165) is 24.6 Å². The zero-order chi connectivity index (χ0) is 21.1. The molecule has 10 nitrogen and oxygen atoms in total. The molecule has 2 aliphatic rings. The van der Waals surface area contributed by atoms with Gasteiger partial charge in [0.25, 0.3) is 15.9 Å². The van der Waals surface area contributed by atoms with Gasteiger partial charge >= 0.3 is 0 Å². The number of thioether (sulfide) groups is 1. The summed E-state index contributed by atoms with van der Waals surface area (Å²) in [6, 6.07) is 4.60. The van der Waals surface area contributed by atoms with E-state index < -0.39 is 15.6 Å². The van der Waals surface area contributed by atoms with Crippen LogP contribution in [-0.2, 0) is 14.8 Å². The van der Waals surface area contributed by atoms with Crippen LogP contribution in [0.15, 0.2) is 45.1 Å². The first-order valence-corrected chi connectivity index (χ1v) is 11.8. The van der Waals surface area contributed by atoms with Crippen LogP contribution >= 0.6 is 11.8 Å². The van der Waals surface area contributed by atoms with Gasteiger partial charge in [-0.25, -0.2) is 23.1 Å². The van der Waals surface area contributed by atoms with Crippen molar-refractivity contribution in [2.24, 2.45) is 0 Å². The number of hydrogen-bond acceptors (Lipinski definition) is 9. The molecule has 160 valence electrons. The van der Waals surface area contributed by atoms with Gasteiger partial charge in [0.05, 0.1) is 16.9 Å². The maximum absolute atomic E-state index is 12.3. The van der Waals surface area contributed by atoms with E-state index in [2.05, 4.69) is 25.3 Å². The molecule has 0 radical (unpaired) electrons. The number of aliphatic hydroxyl groups excluding tert-OH is 1. The molecule has 2 aromatic heterocycles. The molecule has 3 heterocycles. The van der Waals surface area contributed by atoms with Crippen LogP contribution in [0, 0.1) is 0 Å². The minimum atomic E-state index is -3.64. The second-order valence-corrected chi connectivity index (χ2v) is 9.77. The Labute approximate surface area is 177 Å². The Balaban J connectivity index is 1.32. The van der Waals surface area contributed by atoms with Crippen molar-refractivity contribution in [3.8, 4) is 0 Å². The third-order valence-corrected chi connectivity index (χ3v) is 7.12. The molecule has 1 unspecified atom stereocenters. The molecule has 1 atom stereocenters. The predicted octanol–water partition coefficient (Wildman–Crippen LogP) is 1.25. The third kappa shape index (κ3) is 5.01. The van der Waals surface area contributed by atoms with Gasteiger partial charge in [-0.15, -0.1) is 0 Å². The van der Waals surface area contributed by atoms with Gasteiger partial charge in [-0.3, -0.25) is 4.79 Å². The van der Waals surface area contributed by atoms with E-state index in [4.69, 9.17) is 4.42 Å². The third-order valence-electron chi connectivity index (χ3n) is 4.82. The van der Waals surface area contributed by atoms with Gasteiger partial charge in [-0.2, -0.15) is 0 Å². The fourth-order valence-corrected chi connectivity index (χ4v) is 5.37. The van der Waals surface area contributed by atoms with E-state index in [1.807, 2.05) is 0 Å². The molecule has 1 aliphatic heterocycles. The van der Waals surface area contributed by atoms with Crippen molar-refractivity contribution >= 4 is 39.7 Å². The summed E-state index contributed by atoms with van der Waals surface area (Å²) in [6.45, 7) is 0. The molecule has 30 heavy (non-hydrogen) atoms. The molecule has 0 spiro atoms. The lowest BCUT2D eigenvalue weighted by Gasteiger charge is -2.29. The SMILES string of the molecule is O=C1NC(O)SC1=Cc1ccnc(NC2CCC(NS(=O)(=O)c3ccco3)CC2)n1. The number of anilines is 1. The number of nitrogens with zero attached hydrogens (tertiary/aromatic N) is 2. The number of aromatic nitrogens is 2. The summed E-state index contributed by atoms with van der Waals surface area (Å²) in [5.74, 6) is 0.101. The molecular weight excluding hydrogens is 430 g/mol. The number of furan rings is 1. The second kappa shape index (κ2) is 8.76. The average Bonchev–Trinajstić information content (AvgIpc) is 3.34. The maximum atomic E-state index is 12.3. The first kappa shape index (κ1) is 20.8. The summed E-state index contributed by atoms with van der Waals surface area (Å²) in [6.07, 6.45) is 7.39. The molecule has 0 bridgehead atoms. The number of aliphatic hydroxyl groups is 1. The molecule has 2 fully saturated rings. The van der Waals surface area contributed by atoms with Crippen molar-refractivity contribution in [2.45, 2.75) is 48.4 Å². The van der Waals surface area contributed by atoms with E-state index in [1.165, 1.54) is 12.3 Å². The van der Waals surface area contributed by atoms with E-state index in [-0.39, 0.29) is 23.1 Å². The van der Waals surface area contributed by atoms with Crippen LogP contribution in [-0.4, -0.2) is 47.0 Å². The monoisotopic (exact) mass is 451 g/mol. The van der Waals surface area contributed by atoms with Crippen LogP contribution in [0.5, 0.6) is 0 Å². The van der Waals surface area contributed by atoms with E-state index >= 15 is 0 Å². The van der Waals surface area contributed by atoms with Crippen LogP contribution in [0.2, 0.25) is 0 Å². The summed E-state index contributed by atoms with van der Waals surface area (Å²) >= 11 is 1.03. The number of amides is 1. The van der Waals surface area contributed by atoms with E-state index in [0.29, 0.717) is 29.4 Å². The normalized spacial score (nSPS) is 26.0. The molecule has 1 saturated carbocycles. The number of carbonyl (C=O) groups is 1. The van der Waals surface area contributed by atoms with Gasteiger partial charge in [0.1, 0.15) is 0 Å². The zero-order valence-corrected chi connectivity index (χ0v) is 17.4. The lowest BCUT2D eigenvalue weighted by atomic mass is 9.92. The number of hydrogen-bond donors (Lipinski definition) is 4. The topological polar surface area (TPSA) is 146 Å². The first-order chi connectivity index (χ1) is 14.4. The maximum Gasteiger partial charge on any atom is 0.274 e. The highest BCUT2D eigenvalue weighted by Crippen LogP contribution is 2.27.